The Morgan fingerprint density at radius 3 is 2.39 bits per heavy atom. The summed E-state index contributed by atoms with van der Waals surface area (Å²) in [4.78, 5) is 8.31. The Hall–Kier alpha value is -1.14. The molecule has 0 bridgehead atoms. The van der Waals surface area contributed by atoms with Crippen LogP contribution in [0.4, 0.5) is 11.6 Å². The van der Waals surface area contributed by atoms with Crippen molar-refractivity contribution in [3.8, 4) is 0 Å². The third-order valence-electron chi connectivity index (χ3n) is 2.40. The molecule has 0 aliphatic rings. The van der Waals surface area contributed by atoms with Gasteiger partial charge >= 0.3 is 0 Å². The summed E-state index contributed by atoms with van der Waals surface area (Å²) < 4.78 is 1.91. The van der Waals surface area contributed by atoms with E-state index in [1.54, 1.807) is 0 Å². The second kappa shape index (κ2) is 6.15. The van der Waals surface area contributed by atoms with E-state index in [2.05, 4.69) is 64.6 Å². The first-order valence-corrected chi connectivity index (χ1v) is 6.96. The molecular weight excluding hydrogens is 360 g/mol. The summed E-state index contributed by atoms with van der Waals surface area (Å²) in [6, 6.07) is 8.16. The third-order valence-corrected chi connectivity index (χ3v) is 3.68. The lowest BCUT2D eigenvalue weighted by atomic mass is 10.2. The van der Waals surface area contributed by atoms with Crippen molar-refractivity contribution in [3.05, 3.63) is 45.1 Å². The van der Waals surface area contributed by atoms with E-state index in [1.165, 1.54) is 11.9 Å². The zero-order chi connectivity index (χ0) is 13.0. The molecule has 94 valence electrons. The van der Waals surface area contributed by atoms with Crippen molar-refractivity contribution in [2.45, 2.75) is 6.54 Å². The highest BCUT2D eigenvalue weighted by Crippen LogP contribution is 2.26. The molecule has 0 fully saturated rings. The van der Waals surface area contributed by atoms with Gasteiger partial charge in [-0.1, -0.05) is 28.1 Å². The molecule has 0 radical (unpaired) electrons. The van der Waals surface area contributed by atoms with Crippen molar-refractivity contribution in [3.63, 3.8) is 0 Å². The van der Waals surface area contributed by atoms with Crippen LogP contribution in [-0.4, -0.2) is 17.0 Å². The number of benzene rings is 1. The highest BCUT2D eigenvalue weighted by Gasteiger charge is 2.06. The third kappa shape index (κ3) is 3.20. The quantitative estimate of drug-likeness (QED) is 0.861. The number of rotatable bonds is 4. The molecule has 2 aromatic rings. The van der Waals surface area contributed by atoms with E-state index in [-0.39, 0.29) is 0 Å². The number of nitrogens with one attached hydrogen (secondary N) is 2. The van der Waals surface area contributed by atoms with Gasteiger partial charge in [0.05, 0.1) is 0 Å². The molecular formula is C12H12Br2N4. The molecule has 18 heavy (non-hydrogen) atoms. The molecule has 0 saturated carbocycles. The zero-order valence-corrected chi connectivity index (χ0v) is 12.9. The van der Waals surface area contributed by atoms with E-state index >= 15 is 0 Å². The molecule has 1 aromatic heterocycles. The summed E-state index contributed by atoms with van der Waals surface area (Å²) in [5, 5.41) is 6.27. The number of hydrogen-bond donors (Lipinski definition) is 2. The highest BCUT2D eigenvalue weighted by atomic mass is 79.9. The van der Waals surface area contributed by atoms with E-state index in [9.17, 15) is 0 Å². The largest absolute Gasteiger partial charge is 0.372 e. The summed E-state index contributed by atoms with van der Waals surface area (Å²) in [6.07, 6.45) is 1.53. The van der Waals surface area contributed by atoms with Gasteiger partial charge in [0.2, 0.25) is 0 Å². The molecule has 4 nitrogen and oxygen atoms in total. The van der Waals surface area contributed by atoms with Gasteiger partial charge in [-0.2, -0.15) is 0 Å². The fraction of sp³-hybridized carbons (Fsp3) is 0.167. The number of anilines is 2. The van der Waals surface area contributed by atoms with E-state index in [0.29, 0.717) is 6.54 Å². The van der Waals surface area contributed by atoms with Crippen molar-refractivity contribution in [2.75, 3.05) is 17.7 Å². The standard InChI is InChI=1S/C12H12Br2N4/c1-15-11-10(14)12(18-7-17-11)16-6-8-2-4-9(13)5-3-8/h2-5,7H,6H2,1H3,(H2,15,16,17,18). The summed E-state index contributed by atoms with van der Waals surface area (Å²) in [7, 11) is 1.82. The molecule has 2 N–H and O–H groups in total. The monoisotopic (exact) mass is 370 g/mol. The molecule has 6 heteroatoms. The van der Waals surface area contributed by atoms with Crippen LogP contribution in [0.15, 0.2) is 39.5 Å². The maximum Gasteiger partial charge on any atom is 0.146 e. The molecule has 1 heterocycles. The summed E-state index contributed by atoms with van der Waals surface area (Å²) in [6.45, 7) is 0.714. The Bertz CT molecular complexity index is 528. The minimum absolute atomic E-state index is 0.714. The Kier molecular flexibility index (Phi) is 4.54. The average molecular weight is 372 g/mol. The van der Waals surface area contributed by atoms with Gasteiger partial charge in [-0.25, -0.2) is 9.97 Å². The molecule has 0 aliphatic heterocycles. The molecule has 0 saturated heterocycles. The van der Waals surface area contributed by atoms with Gasteiger partial charge in [-0.05, 0) is 33.6 Å². The summed E-state index contributed by atoms with van der Waals surface area (Å²) >= 11 is 6.88. The SMILES string of the molecule is CNc1ncnc(NCc2ccc(Br)cc2)c1Br. The van der Waals surface area contributed by atoms with Gasteiger partial charge < -0.3 is 10.6 Å². The fourth-order valence-corrected chi connectivity index (χ4v) is 2.26. The number of halogens is 2. The minimum Gasteiger partial charge on any atom is -0.372 e. The van der Waals surface area contributed by atoms with E-state index in [1.807, 2.05) is 19.2 Å². The summed E-state index contributed by atoms with van der Waals surface area (Å²) in [5.41, 5.74) is 1.19. The number of nitrogens with zero attached hydrogens (tertiary/aromatic N) is 2. The predicted octanol–water partition coefficient (Wildman–Crippen LogP) is 3.66. The van der Waals surface area contributed by atoms with Crippen LogP contribution in [0.1, 0.15) is 5.56 Å². The summed E-state index contributed by atoms with van der Waals surface area (Å²) in [5.74, 6) is 1.54. The lowest BCUT2D eigenvalue weighted by Gasteiger charge is -2.09. The first-order chi connectivity index (χ1) is 8.70. The van der Waals surface area contributed by atoms with Crippen molar-refractivity contribution >= 4 is 43.5 Å². The molecule has 2 rings (SSSR count). The number of hydrogen-bond acceptors (Lipinski definition) is 4. The van der Waals surface area contributed by atoms with Crippen LogP contribution >= 0.6 is 31.9 Å². The van der Waals surface area contributed by atoms with Crippen LogP contribution < -0.4 is 10.6 Å². The Labute approximate surface area is 122 Å². The predicted molar refractivity (Wildman–Crippen MR) is 80.7 cm³/mol. The average Bonchev–Trinajstić information content (AvgIpc) is 2.39. The van der Waals surface area contributed by atoms with Crippen LogP contribution in [0.2, 0.25) is 0 Å². The molecule has 0 unspecified atom stereocenters. The van der Waals surface area contributed by atoms with Crippen LogP contribution in [0.3, 0.4) is 0 Å². The van der Waals surface area contributed by atoms with Crippen LogP contribution in [0, 0.1) is 0 Å². The Balaban J connectivity index is 2.08. The Morgan fingerprint density at radius 2 is 1.72 bits per heavy atom. The maximum absolute atomic E-state index is 4.20. The zero-order valence-electron chi connectivity index (χ0n) is 9.74. The normalized spacial score (nSPS) is 10.2. The maximum atomic E-state index is 4.20. The van der Waals surface area contributed by atoms with E-state index in [4.69, 9.17) is 0 Å². The van der Waals surface area contributed by atoms with Gasteiger partial charge in [0.25, 0.3) is 0 Å². The van der Waals surface area contributed by atoms with Gasteiger partial charge in [-0.15, -0.1) is 0 Å². The lowest BCUT2D eigenvalue weighted by Crippen LogP contribution is -2.04. The van der Waals surface area contributed by atoms with Crippen molar-refractivity contribution < 1.29 is 0 Å². The molecule has 1 aromatic carbocycles. The second-order valence-corrected chi connectivity index (χ2v) is 5.32. The number of aromatic nitrogens is 2. The van der Waals surface area contributed by atoms with Gasteiger partial charge in [-0.3, -0.25) is 0 Å². The van der Waals surface area contributed by atoms with Gasteiger partial charge in [0.1, 0.15) is 22.4 Å². The van der Waals surface area contributed by atoms with Crippen LogP contribution in [0.5, 0.6) is 0 Å². The second-order valence-electron chi connectivity index (χ2n) is 3.61. The van der Waals surface area contributed by atoms with E-state index < -0.39 is 0 Å². The van der Waals surface area contributed by atoms with Crippen LogP contribution in [0.25, 0.3) is 0 Å². The first-order valence-electron chi connectivity index (χ1n) is 5.37. The highest BCUT2D eigenvalue weighted by molar-refractivity contribution is 9.11. The van der Waals surface area contributed by atoms with Crippen molar-refractivity contribution in [1.29, 1.82) is 0 Å². The van der Waals surface area contributed by atoms with E-state index in [0.717, 1.165) is 20.6 Å². The van der Waals surface area contributed by atoms with Crippen molar-refractivity contribution in [1.82, 2.24) is 9.97 Å². The van der Waals surface area contributed by atoms with Gasteiger partial charge in [0, 0.05) is 18.1 Å². The van der Waals surface area contributed by atoms with Crippen molar-refractivity contribution in [2.24, 2.45) is 0 Å². The molecule has 0 atom stereocenters. The molecule has 0 spiro atoms. The smallest absolute Gasteiger partial charge is 0.146 e. The lowest BCUT2D eigenvalue weighted by molar-refractivity contribution is 1.07. The van der Waals surface area contributed by atoms with Gasteiger partial charge in [0.15, 0.2) is 0 Å². The fourth-order valence-electron chi connectivity index (χ4n) is 1.46. The first kappa shape index (κ1) is 13.3. The molecule has 0 amide bonds. The topological polar surface area (TPSA) is 49.8 Å². The van der Waals surface area contributed by atoms with Crippen LogP contribution in [-0.2, 0) is 6.54 Å². The minimum atomic E-state index is 0.714. The molecule has 0 aliphatic carbocycles. The Morgan fingerprint density at radius 1 is 1.06 bits per heavy atom.